The number of aldehydes is 1. The van der Waals surface area contributed by atoms with Crippen molar-refractivity contribution in [3.63, 3.8) is 0 Å². The second-order valence-corrected chi connectivity index (χ2v) is 6.55. The molecule has 0 aliphatic heterocycles. The van der Waals surface area contributed by atoms with E-state index in [1.807, 2.05) is 6.07 Å². The average Bonchev–Trinajstić information content (AvgIpc) is 2.38. The quantitative estimate of drug-likeness (QED) is 0.789. The van der Waals surface area contributed by atoms with Crippen LogP contribution in [0.4, 0.5) is 0 Å². The van der Waals surface area contributed by atoms with Crippen LogP contribution in [0.5, 0.6) is 5.75 Å². The molecule has 0 radical (unpaired) electrons. The summed E-state index contributed by atoms with van der Waals surface area (Å²) in [6.07, 6.45) is 2.65. The van der Waals surface area contributed by atoms with Crippen LogP contribution in [0.25, 0.3) is 0 Å². The van der Waals surface area contributed by atoms with Crippen molar-refractivity contribution in [3.05, 3.63) is 28.8 Å². The molecule has 0 aromatic heterocycles. The Morgan fingerprint density at radius 2 is 1.58 bits per heavy atom. The summed E-state index contributed by atoms with van der Waals surface area (Å²) in [5.41, 5.74) is 2.25. The number of carbonyl (C=O) groups is 1. The summed E-state index contributed by atoms with van der Waals surface area (Å²) in [5.74, 6) is 0.137. The van der Waals surface area contributed by atoms with E-state index in [4.69, 9.17) is 0 Å². The Labute approximate surface area is 116 Å². The largest absolute Gasteiger partial charge is 0.507 e. The van der Waals surface area contributed by atoms with Gasteiger partial charge in [-0.1, -0.05) is 47.6 Å². The summed E-state index contributed by atoms with van der Waals surface area (Å²) in [7, 11) is 0. The molecule has 2 nitrogen and oxygen atoms in total. The van der Waals surface area contributed by atoms with Gasteiger partial charge in [0.2, 0.25) is 0 Å². The Morgan fingerprint density at radius 3 is 2.00 bits per heavy atom. The van der Waals surface area contributed by atoms with E-state index in [1.165, 1.54) is 0 Å². The average molecular weight is 262 g/mol. The molecular formula is C17H26O2. The fourth-order valence-corrected chi connectivity index (χ4v) is 2.05. The molecule has 1 N–H and O–H groups in total. The third kappa shape index (κ3) is 2.99. The third-order valence-electron chi connectivity index (χ3n) is 4.54. The van der Waals surface area contributed by atoms with E-state index in [-0.39, 0.29) is 16.6 Å². The number of benzene rings is 1. The van der Waals surface area contributed by atoms with Gasteiger partial charge in [0.1, 0.15) is 5.75 Å². The number of phenolic OH excluding ortho intramolecular Hbond substituents is 1. The predicted molar refractivity (Wildman–Crippen MR) is 80.1 cm³/mol. The zero-order valence-corrected chi connectivity index (χ0v) is 13.0. The summed E-state index contributed by atoms with van der Waals surface area (Å²) in [5, 5.41) is 10.3. The van der Waals surface area contributed by atoms with Crippen LogP contribution in [-0.4, -0.2) is 11.4 Å². The van der Waals surface area contributed by atoms with Gasteiger partial charge >= 0.3 is 0 Å². The SMILES string of the molecule is CCC(C)(C)c1cc(C=O)c(O)c(C(C)(C)CC)c1. The van der Waals surface area contributed by atoms with Gasteiger partial charge in [-0.3, -0.25) is 4.79 Å². The first-order chi connectivity index (χ1) is 8.69. The van der Waals surface area contributed by atoms with Gasteiger partial charge < -0.3 is 5.11 Å². The van der Waals surface area contributed by atoms with Crippen molar-refractivity contribution in [2.75, 3.05) is 0 Å². The van der Waals surface area contributed by atoms with E-state index >= 15 is 0 Å². The highest BCUT2D eigenvalue weighted by Crippen LogP contribution is 2.39. The van der Waals surface area contributed by atoms with Crippen LogP contribution in [0, 0.1) is 0 Å². The lowest BCUT2D eigenvalue weighted by Crippen LogP contribution is -2.21. The van der Waals surface area contributed by atoms with Gasteiger partial charge in [-0.2, -0.15) is 0 Å². The van der Waals surface area contributed by atoms with Crippen molar-refractivity contribution in [2.45, 2.75) is 65.2 Å². The second-order valence-electron chi connectivity index (χ2n) is 6.55. The first-order valence-electron chi connectivity index (χ1n) is 7.02. The maximum absolute atomic E-state index is 11.2. The molecule has 1 rings (SSSR count). The molecule has 2 heteroatoms. The molecule has 0 bridgehead atoms. The highest BCUT2D eigenvalue weighted by Gasteiger charge is 2.27. The van der Waals surface area contributed by atoms with E-state index < -0.39 is 0 Å². The van der Waals surface area contributed by atoms with Crippen LogP contribution < -0.4 is 0 Å². The summed E-state index contributed by atoms with van der Waals surface area (Å²) < 4.78 is 0. The van der Waals surface area contributed by atoms with Crippen LogP contribution in [0.3, 0.4) is 0 Å². The van der Waals surface area contributed by atoms with Crippen molar-refractivity contribution in [1.29, 1.82) is 0 Å². The molecule has 0 unspecified atom stereocenters. The van der Waals surface area contributed by atoms with Gasteiger partial charge in [-0.05, 0) is 35.3 Å². The number of aromatic hydroxyl groups is 1. The van der Waals surface area contributed by atoms with Crippen molar-refractivity contribution < 1.29 is 9.90 Å². The first kappa shape index (κ1) is 15.7. The van der Waals surface area contributed by atoms with Crippen LogP contribution in [0.2, 0.25) is 0 Å². The molecule has 1 aromatic carbocycles. The van der Waals surface area contributed by atoms with Crippen molar-refractivity contribution >= 4 is 6.29 Å². The maximum Gasteiger partial charge on any atom is 0.153 e. The predicted octanol–water partition coefficient (Wildman–Crippen LogP) is 4.58. The van der Waals surface area contributed by atoms with E-state index in [2.05, 4.69) is 47.6 Å². The molecule has 0 saturated heterocycles. The van der Waals surface area contributed by atoms with Crippen LogP contribution in [0.1, 0.15) is 75.9 Å². The summed E-state index contributed by atoms with van der Waals surface area (Å²) in [6, 6.07) is 3.89. The minimum atomic E-state index is -0.137. The van der Waals surface area contributed by atoms with Crippen molar-refractivity contribution in [2.24, 2.45) is 0 Å². The fourth-order valence-electron chi connectivity index (χ4n) is 2.05. The molecule has 0 atom stereocenters. The minimum absolute atomic E-state index is 0.00400. The molecule has 0 spiro atoms. The minimum Gasteiger partial charge on any atom is -0.507 e. The monoisotopic (exact) mass is 262 g/mol. The zero-order chi connectivity index (χ0) is 14.8. The fraction of sp³-hybridized carbons (Fsp3) is 0.588. The summed E-state index contributed by atoms with van der Waals surface area (Å²) in [4.78, 5) is 11.2. The van der Waals surface area contributed by atoms with E-state index in [0.29, 0.717) is 5.56 Å². The van der Waals surface area contributed by atoms with E-state index in [9.17, 15) is 9.90 Å². The van der Waals surface area contributed by atoms with Gasteiger partial charge in [0, 0.05) is 5.56 Å². The molecule has 106 valence electrons. The normalized spacial score (nSPS) is 12.5. The van der Waals surface area contributed by atoms with Gasteiger partial charge in [0.15, 0.2) is 6.29 Å². The van der Waals surface area contributed by atoms with E-state index in [1.54, 1.807) is 0 Å². The van der Waals surface area contributed by atoms with Gasteiger partial charge in [-0.25, -0.2) is 0 Å². The smallest absolute Gasteiger partial charge is 0.153 e. The molecule has 0 aliphatic rings. The topological polar surface area (TPSA) is 37.3 Å². The van der Waals surface area contributed by atoms with Gasteiger partial charge in [-0.15, -0.1) is 0 Å². The van der Waals surface area contributed by atoms with Crippen LogP contribution >= 0.6 is 0 Å². The molecular weight excluding hydrogens is 236 g/mol. The molecule has 1 aromatic rings. The Morgan fingerprint density at radius 1 is 1.05 bits per heavy atom. The first-order valence-corrected chi connectivity index (χ1v) is 7.02. The summed E-state index contributed by atoms with van der Waals surface area (Å²) >= 11 is 0. The lowest BCUT2D eigenvalue weighted by molar-refractivity contribution is 0.112. The lowest BCUT2D eigenvalue weighted by Gasteiger charge is -2.30. The molecule has 0 fully saturated rings. The van der Waals surface area contributed by atoms with Gasteiger partial charge in [0.25, 0.3) is 0 Å². The van der Waals surface area contributed by atoms with Gasteiger partial charge in [0.05, 0.1) is 5.56 Å². The van der Waals surface area contributed by atoms with Crippen molar-refractivity contribution in [1.82, 2.24) is 0 Å². The molecule has 0 aliphatic carbocycles. The molecule has 0 heterocycles. The number of carbonyl (C=O) groups excluding carboxylic acids is 1. The van der Waals surface area contributed by atoms with Crippen molar-refractivity contribution in [3.8, 4) is 5.75 Å². The number of rotatable bonds is 5. The molecule has 19 heavy (non-hydrogen) atoms. The maximum atomic E-state index is 11.2. The zero-order valence-electron chi connectivity index (χ0n) is 13.0. The Balaban J connectivity index is 3.56. The third-order valence-corrected chi connectivity index (χ3v) is 4.54. The standard InChI is InChI=1S/C17H26O2/c1-7-16(3,4)13-9-12(11-18)15(19)14(10-13)17(5,6)8-2/h9-11,19H,7-8H2,1-6H3. The Hall–Kier alpha value is -1.31. The van der Waals surface area contributed by atoms with E-state index in [0.717, 1.165) is 30.3 Å². The van der Waals surface area contributed by atoms with Crippen LogP contribution in [-0.2, 0) is 10.8 Å². The second kappa shape index (κ2) is 5.36. The molecule has 0 amide bonds. The Kier molecular flexibility index (Phi) is 4.44. The van der Waals surface area contributed by atoms with Crippen LogP contribution in [0.15, 0.2) is 12.1 Å². The Bertz CT molecular complexity index is 470. The highest BCUT2D eigenvalue weighted by molar-refractivity contribution is 5.81. The number of hydrogen-bond donors (Lipinski definition) is 1. The number of hydrogen-bond acceptors (Lipinski definition) is 2. The molecule has 0 saturated carbocycles. The summed E-state index contributed by atoms with van der Waals surface area (Å²) in [6.45, 7) is 12.8. The highest BCUT2D eigenvalue weighted by atomic mass is 16.3. The number of phenols is 1. The lowest BCUT2D eigenvalue weighted by atomic mass is 9.75.